The van der Waals surface area contributed by atoms with E-state index in [0.717, 1.165) is 36.8 Å². The molecule has 3 heterocycles. The highest BCUT2D eigenvalue weighted by molar-refractivity contribution is 7.90. The molecular formula is C28H29N3O5S3. The number of thiazole rings is 1. The van der Waals surface area contributed by atoms with E-state index in [2.05, 4.69) is 5.32 Å². The number of nitrogens with zero attached hydrogens (tertiary/aromatic N) is 2. The lowest BCUT2D eigenvalue weighted by atomic mass is 10.0. The molecule has 0 aliphatic carbocycles. The van der Waals surface area contributed by atoms with Crippen LogP contribution in [0.1, 0.15) is 35.8 Å². The Bertz CT molecular complexity index is 1560. The zero-order chi connectivity index (χ0) is 27.4. The Hall–Kier alpha value is -3.28. The smallest absolute Gasteiger partial charge is 0.410 e. The Morgan fingerprint density at radius 1 is 1.08 bits per heavy atom. The second-order valence-corrected chi connectivity index (χ2v) is 13.6. The van der Waals surface area contributed by atoms with E-state index in [9.17, 15) is 18.0 Å². The average Bonchev–Trinajstić information content (AvgIpc) is 3.49. The molecule has 11 heteroatoms. The second-order valence-electron chi connectivity index (χ2n) is 9.29. The highest BCUT2D eigenvalue weighted by atomic mass is 32.2. The lowest BCUT2D eigenvalue weighted by molar-refractivity contribution is -0.116. The monoisotopic (exact) mass is 583 g/mol. The van der Waals surface area contributed by atoms with Gasteiger partial charge in [0, 0.05) is 23.4 Å². The maximum absolute atomic E-state index is 13.0. The van der Waals surface area contributed by atoms with Crippen molar-refractivity contribution >= 4 is 59.7 Å². The van der Waals surface area contributed by atoms with Crippen LogP contribution in [0.25, 0.3) is 20.8 Å². The fraction of sp³-hybridized carbons (Fsp3) is 0.321. The molecule has 2 aromatic carbocycles. The normalized spacial score (nSPS) is 13.3. The molecule has 1 aliphatic heterocycles. The largest absolute Gasteiger partial charge is 0.450 e. The van der Waals surface area contributed by atoms with Crippen molar-refractivity contribution in [1.82, 2.24) is 9.88 Å². The fourth-order valence-electron chi connectivity index (χ4n) is 4.61. The molecule has 2 amide bonds. The maximum Gasteiger partial charge on any atom is 0.410 e. The first-order valence-electron chi connectivity index (χ1n) is 12.8. The topological polar surface area (TPSA) is 106 Å². The van der Waals surface area contributed by atoms with E-state index < -0.39 is 9.84 Å². The second kappa shape index (κ2) is 11.8. The molecule has 1 N–H and O–H groups in total. The summed E-state index contributed by atoms with van der Waals surface area (Å²) in [5.41, 5.74) is 3.61. The summed E-state index contributed by atoms with van der Waals surface area (Å²) < 4.78 is 31.3. The molecule has 8 nitrogen and oxygen atoms in total. The summed E-state index contributed by atoms with van der Waals surface area (Å²) in [7, 11) is -3.33. The molecule has 1 aliphatic rings. The van der Waals surface area contributed by atoms with Crippen LogP contribution in [-0.2, 0) is 38.1 Å². The summed E-state index contributed by atoms with van der Waals surface area (Å²) in [6.45, 7) is 3.02. The van der Waals surface area contributed by atoms with Crippen LogP contribution in [0.4, 0.5) is 9.80 Å². The van der Waals surface area contributed by atoms with Gasteiger partial charge < -0.3 is 15.0 Å². The van der Waals surface area contributed by atoms with Crippen LogP contribution in [-0.4, -0.2) is 49.2 Å². The number of rotatable bonds is 9. The van der Waals surface area contributed by atoms with Crippen molar-refractivity contribution in [1.29, 1.82) is 0 Å². The minimum Gasteiger partial charge on any atom is -0.450 e. The molecular weight excluding hydrogens is 555 g/mol. The van der Waals surface area contributed by atoms with Gasteiger partial charge in [-0.3, -0.25) is 4.79 Å². The first kappa shape index (κ1) is 27.3. The van der Waals surface area contributed by atoms with E-state index in [1.807, 2.05) is 42.5 Å². The number of nitrogens with one attached hydrogen (secondary N) is 1. The molecule has 0 fully saturated rings. The number of thiophene rings is 1. The number of hydrogen-bond donors (Lipinski definition) is 1. The third kappa shape index (κ3) is 6.48. The molecule has 0 saturated heterocycles. The van der Waals surface area contributed by atoms with Crippen LogP contribution < -0.4 is 5.32 Å². The van der Waals surface area contributed by atoms with E-state index in [0.29, 0.717) is 31.1 Å². The van der Waals surface area contributed by atoms with E-state index in [1.165, 1.54) is 11.3 Å². The fourth-order valence-corrected chi connectivity index (χ4v) is 8.43. The van der Waals surface area contributed by atoms with Gasteiger partial charge in [-0.1, -0.05) is 42.5 Å². The van der Waals surface area contributed by atoms with E-state index >= 15 is 0 Å². The standard InChI is InChI=1S/C28H29N3O5S3/c1-2-36-28(33)31-15-14-20-23(17-31)38-27(25(20)26-29-21-11-6-7-12-22(21)37-26)30-24(32)13-8-16-39(34,35)18-19-9-4-3-5-10-19/h3-7,9-12H,2,8,13-18H2,1H3,(H,30,32). The molecule has 0 saturated carbocycles. The summed E-state index contributed by atoms with van der Waals surface area (Å²) in [6.07, 6.45) is 0.605. The third-order valence-electron chi connectivity index (χ3n) is 6.43. The number of hydrogen-bond acceptors (Lipinski definition) is 8. The van der Waals surface area contributed by atoms with Crippen LogP contribution in [0.15, 0.2) is 54.6 Å². The van der Waals surface area contributed by atoms with Gasteiger partial charge in [0.15, 0.2) is 9.84 Å². The first-order chi connectivity index (χ1) is 18.8. The Labute approximate surface area is 235 Å². The van der Waals surface area contributed by atoms with Crippen molar-refractivity contribution in [2.24, 2.45) is 0 Å². The van der Waals surface area contributed by atoms with Crippen molar-refractivity contribution in [2.75, 3.05) is 24.2 Å². The highest BCUT2D eigenvalue weighted by Gasteiger charge is 2.30. The van der Waals surface area contributed by atoms with Gasteiger partial charge >= 0.3 is 6.09 Å². The molecule has 204 valence electrons. The molecule has 0 bridgehead atoms. The van der Waals surface area contributed by atoms with Gasteiger partial charge in [-0.05, 0) is 43.0 Å². The van der Waals surface area contributed by atoms with Crippen LogP contribution in [0, 0.1) is 0 Å². The number of anilines is 1. The van der Waals surface area contributed by atoms with Crippen LogP contribution in [0.2, 0.25) is 0 Å². The molecule has 39 heavy (non-hydrogen) atoms. The Morgan fingerprint density at radius 3 is 2.62 bits per heavy atom. The number of benzene rings is 2. The van der Waals surface area contributed by atoms with Gasteiger partial charge in [0.2, 0.25) is 5.91 Å². The van der Waals surface area contributed by atoms with Crippen LogP contribution in [0.3, 0.4) is 0 Å². The van der Waals surface area contributed by atoms with Crippen molar-refractivity contribution in [3.63, 3.8) is 0 Å². The maximum atomic E-state index is 13.0. The Morgan fingerprint density at radius 2 is 1.85 bits per heavy atom. The predicted octanol–water partition coefficient (Wildman–Crippen LogP) is 5.87. The van der Waals surface area contributed by atoms with E-state index in [4.69, 9.17) is 9.72 Å². The minimum absolute atomic E-state index is 0.0359. The van der Waals surface area contributed by atoms with E-state index in [-0.39, 0.29) is 36.3 Å². The first-order valence-corrected chi connectivity index (χ1v) is 16.2. The molecule has 5 rings (SSSR count). The average molecular weight is 584 g/mol. The summed E-state index contributed by atoms with van der Waals surface area (Å²) in [5.74, 6) is -0.338. The van der Waals surface area contributed by atoms with Crippen molar-refractivity contribution in [2.45, 2.75) is 38.5 Å². The minimum atomic E-state index is -3.33. The lowest BCUT2D eigenvalue weighted by Crippen LogP contribution is -2.35. The summed E-state index contributed by atoms with van der Waals surface area (Å²) in [5, 5.41) is 4.53. The molecule has 0 radical (unpaired) electrons. The summed E-state index contributed by atoms with van der Waals surface area (Å²) in [4.78, 5) is 32.8. The SMILES string of the molecule is CCOC(=O)N1CCc2c(sc(NC(=O)CCCS(=O)(=O)Cc3ccccc3)c2-c2nc3ccccc3s2)C1. The van der Waals surface area contributed by atoms with Gasteiger partial charge in [-0.2, -0.15) is 0 Å². The number of fused-ring (bicyclic) bond motifs is 2. The molecule has 4 aromatic rings. The molecule has 0 spiro atoms. The van der Waals surface area contributed by atoms with Crippen molar-refractivity contribution in [3.05, 3.63) is 70.6 Å². The molecule has 0 unspecified atom stereocenters. The quantitative estimate of drug-likeness (QED) is 0.264. The number of aromatic nitrogens is 1. The van der Waals surface area contributed by atoms with Crippen molar-refractivity contribution < 1.29 is 22.7 Å². The number of carbonyl (C=O) groups excluding carboxylic acids is 2. The van der Waals surface area contributed by atoms with Gasteiger partial charge in [0.25, 0.3) is 0 Å². The van der Waals surface area contributed by atoms with Gasteiger partial charge in [0.05, 0.1) is 34.9 Å². The van der Waals surface area contributed by atoms with Gasteiger partial charge in [-0.15, -0.1) is 22.7 Å². The number of carbonyl (C=O) groups is 2. The van der Waals surface area contributed by atoms with Crippen LogP contribution >= 0.6 is 22.7 Å². The number of sulfone groups is 1. The molecule has 2 aromatic heterocycles. The number of ether oxygens (including phenoxy) is 1. The van der Waals surface area contributed by atoms with Crippen molar-refractivity contribution in [3.8, 4) is 10.6 Å². The third-order valence-corrected chi connectivity index (χ3v) is 10.3. The zero-order valence-corrected chi connectivity index (χ0v) is 24.0. The van der Waals surface area contributed by atoms with E-state index in [1.54, 1.807) is 35.3 Å². The van der Waals surface area contributed by atoms with Gasteiger partial charge in [-0.25, -0.2) is 18.2 Å². The Balaban J connectivity index is 1.33. The molecule has 0 atom stereocenters. The lowest BCUT2D eigenvalue weighted by Gasteiger charge is -2.26. The van der Waals surface area contributed by atoms with Gasteiger partial charge in [0.1, 0.15) is 10.0 Å². The Kier molecular flexibility index (Phi) is 8.29. The highest BCUT2D eigenvalue weighted by Crippen LogP contribution is 2.45. The summed E-state index contributed by atoms with van der Waals surface area (Å²) in [6, 6.07) is 16.9. The predicted molar refractivity (Wildman–Crippen MR) is 156 cm³/mol. The van der Waals surface area contributed by atoms with Crippen LogP contribution in [0.5, 0.6) is 0 Å². The summed E-state index contributed by atoms with van der Waals surface area (Å²) >= 11 is 3.01. The number of amides is 2. The number of para-hydroxylation sites is 1. The zero-order valence-electron chi connectivity index (χ0n) is 21.5.